The zero-order chi connectivity index (χ0) is 31.5. The van der Waals surface area contributed by atoms with Crippen LogP contribution in [0.3, 0.4) is 0 Å². The minimum atomic E-state index is -3.69. The molecular formula is C31H29N3O8S2. The van der Waals surface area contributed by atoms with E-state index < -0.39 is 51.3 Å². The van der Waals surface area contributed by atoms with Gasteiger partial charge in [-0.05, 0) is 48.4 Å². The Balaban J connectivity index is 1.43. The van der Waals surface area contributed by atoms with Gasteiger partial charge >= 0.3 is 0 Å². The number of hydrogen-bond donors (Lipinski definition) is 1. The zero-order valence-electron chi connectivity index (χ0n) is 24.3. The lowest BCUT2D eigenvalue weighted by molar-refractivity contribution is -0.120. The van der Waals surface area contributed by atoms with Crippen molar-refractivity contribution in [3.8, 4) is 11.5 Å². The Kier molecular flexibility index (Phi) is 7.33. The van der Waals surface area contributed by atoms with Crippen LogP contribution in [-0.2, 0) is 14.6 Å². The van der Waals surface area contributed by atoms with Gasteiger partial charge in [-0.1, -0.05) is 42.7 Å². The summed E-state index contributed by atoms with van der Waals surface area (Å²) in [6, 6.07) is 13.0. The fourth-order valence-electron chi connectivity index (χ4n) is 6.01. The molecule has 0 aliphatic carbocycles. The van der Waals surface area contributed by atoms with Crippen LogP contribution in [0.2, 0.25) is 0 Å². The summed E-state index contributed by atoms with van der Waals surface area (Å²) in [5, 5.41) is 3.31. The van der Waals surface area contributed by atoms with E-state index in [2.05, 4.69) is 5.32 Å². The summed E-state index contributed by atoms with van der Waals surface area (Å²) < 4.78 is 38.4. The molecule has 228 valence electrons. The highest BCUT2D eigenvalue weighted by atomic mass is 32.2. The number of rotatable bonds is 8. The highest BCUT2D eigenvalue weighted by molar-refractivity contribution is 7.90. The fraction of sp³-hybridized carbons (Fsp3) is 0.290. The van der Waals surface area contributed by atoms with E-state index in [1.807, 2.05) is 12.1 Å². The van der Waals surface area contributed by atoms with E-state index in [0.717, 1.165) is 15.9 Å². The van der Waals surface area contributed by atoms with Gasteiger partial charge in [0.15, 0.2) is 11.5 Å². The standard InChI is InChI=1S/C31H29N3O8S2/c1-5-42-23-14-17(10-13-22(23)41-3)21(15-44(4,39)40)33-29(36)20-12-11-18-16(2)27(28(35)32-26(18)25(20)31(33)38)34-30(37)19-8-6-7-9-24(19)43-34/h6-14,16,21,27H,5,15H2,1-4H3,(H,32,35)/t16?,21-,27+/m1/s1. The molecule has 0 saturated carbocycles. The zero-order valence-corrected chi connectivity index (χ0v) is 26.0. The van der Waals surface area contributed by atoms with E-state index >= 15 is 0 Å². The van der Waals surface area contributed by atoms with Crippen LogP contribution < -0.4 is 20.3 Å². The number of carbonyl (C=O) groups is 3. The van der Waals surface area contributed by atoms with E-state index in [9.17, 15) is 27.6 Å². The molecule has 11 nitrogen and oxygen atoms in total. The Morgan fingerprint density at radius 3 is 2.43 bits per heavy atom. The van der Waals surface area contributed by atoms with Gasteiger partial charge < -0.3 is 14.8 Å². The van der Waals surface area contributed by atoms with E-state index in [4.69, 9.17) is 9.47 Å². The van der Waals surface area contributed by atoms with E-state index in [0.29, 0.717) is 34.6 Å². The summed E-state index contributed by atoms with van der Waals surface area (Å²) in [4.78, 5) is 55.6. The number of carbonyl (C=O) groups excluding carboxylic acids is 3. The number of nitrogens with zero attached hydrogens (tertiary/aromatic N) is 2. The minimum absolute atomic E-state index is 0.00752. The minimum Gasteiger partial charge on any atom is -0.493 e. The number of hydrogen-bond acceptors (Lipinski definition) is 9. The lowest BCUT2D eigenvalue weighted by Gasteiger charge is -2.31. The molecule has 13 heteroatoms. The predicted molar refractivity (Wildman–Crippen MR) is 166 cm³/mol. The molecule has 4 aromatic rings. The van der Waals surface area contributed by atoms with Gasteiger partial charge in [0.25, 0.3) is 17.4 Å². The first-order valence-corrected chi connectivity index (χ1v) is 16.7. The number of amides is 3. The average molecular weight is 636 g/mol. The lowest BCUT2D eigenvalue weighted by Crippen LogP contribution is -2.39. The molecule has 44 heavy (non-hydrogen) atoms. The van der Waals surface area contributed by atoms with Gasteiger partial charge in [0.05, 0.1) is 52.4 Å². The Hall–Kier alpha value is -4.49. The molecule has 3 heterocycles. The summed E-state index contributed by atoms with van der Waals surface area (Å²) in [5.41, 5.74) is 0.902. The second-order valence-electron chi connectivity index (χ2n) is 10.8. The summed E-state index contributed by atoms with van der Waals surface area (Å²) in [6.45, 7) is 3.89. The quantitative estimate of drug-likeness (QED) is 0.285. The van der Waals surface area contributed by atoms with Crippen LogP contribution in [0.1, 0.15) is 63.7 Å². The van der Waals surface area contributed by atoms with Crippen molar-refractivity contribution >= 4 is 54.9 Å². The number of aromatic nitrogens is 1. The van der Waals surface area contributed by atoms with Crippen molar-refractivity contribution in [3.05, 3.63) is 87.2 Å². The number of methoxy groups -OCH3 is 1. The van der Waals surface area contributed by atoms with Gasteiger partial charge in [-0.3, -0.25) is 24.1 Å². The van der Waals surface area contributed by atoms with E-state index in [1.165, 1.54) is 28.7 Å². The van der Waals surface area contributed by atoms with Crippen LogP contribution in [0.4, 0.5) is 5.69 Å². The molecule has 1 N–H and O–H groups in total. The summed E-state index contributed by atoms with van der Waals surface area (Å²) in [6.07, 6.45) is 1.03. The number of nitrogens with one attached hydrogen (secondary N) is 1. The molecule has 6 rings (SSSR count). The van der Waals surface area contributed by atoms with Crippen molar-refractivity contribution in [2.75, 3.05) is 31.0 Å². The first-order valence-electron chi connectivity index (χ1n) is 13.9. The van der Waals surface area contributed by atoms with Crippen molar-refractivity contribution in [1.29, 1.82) is 0 Å². The number of ether oxygens (including phenoxy) is 2. The normalized spacial score (nSPS) is 18.6. The van der Waals surface area contributed by atoms with Crippen molar-refractivity contribution in [2.45, 2.75) is 31.8 Å². The predicted octanol–water partition coefficient (Wildman–Crippen LogP) is 4.15. The molecule has 0 bridgehead atoms. The van der Waals surface area contributed by atoms with Crippen LogP contribution in [0.25, 0.3) is 10.1 Å². The number of fused-ring (bicyclic) bond motifs is 4. The first kappa shape index (κ1) is 29.6. The third-order valence-electron chi connectivity index (χ3n) is 8.01. The summed E-state index contributed by atoms with van der Waals surface area (Å²) in [7, 11) is -2.22. The third kappa shape index (κ3) is 4.76. The van der Waals surface area contributed by atoms with Crippen LogP contribution in [0, 0.1) is 0 Å². The Bertz CT molecular complexity index is 2030. The maximum Gasteiger partial charge on any atom is 0.269 e. The van der Waals surface area contributed by atoms with Crippen molar-refractivity contribution < 1.29 is 32.3 Å². The summed E-state index contributed by atoms with van der Waals surface area (Å²) in [5.74, 6) is -2.20. The lowest BCUT2D eigenvalue weighted by atomic mass is 9.85. The van der Waals surface area contributed by atoms with Crippen molar-refractivity contribution in [2.24, 2.45) is 0 Å². The molecular weight excluding hydrogens is 606 g/mol. The molecule has 0 spiro atoms. The Labute approximate surface area is 257 Å². The third-order valence-corrected chi connectivity index (χ3v) is 10.1. The molecule has 3 amide bonds. The molecule has 2 aliphatic rings. The van der Waals surface area contributed by atoms with E-state index in [-0.39, 0.29) is 22.4 Å². The molecule has 2 aliphatic heterocycles. The second kappa shape index (κ2) is 10.9. The number of sulfone groups is 1. The Morgan fingerprint density at radius 2 is 1.75 bits per heavy atom. The molecule has 3 atom stereocenters. The van der Waals surface area contributed by atoms with Crippen molar-refractivity contribution in [1.82, 2.24) is 8.86 Å². The van der Waals surface area contributed by atoms with Gasteiger partial charge in [0.1, 0.15) is 15.9 Å². The number of imide groups is 1. The van der Waals surface area contributed by atoms with Crippen LogP contribution in [0.5, 0.6) is 11.5 Å². The smallest absolute Gasteiger partial charge is 0.269 e. The van der Waals surface area contributed by atoms with Gasteiger partial charge in [-0.2, -0.15) is 0 Å². The monoisotopic (exact) mass is 635 g/mol. The SMILES string of the molecule is CCOc1cc([C@@H](CS(C)(=O)=O)N2C(=O)c3ccc4c(c3C2=O)NC(=O)[C@@H](n2sc3ccccc3c2=O)C4C)ccc1OC. The topological polar surface area (TPSA) is 141 Å². The van der Waals surface area contributed by atoms with Gasteiger partial charge in [0, 0.05) is 12.2 Å². The van der Waals surface area contributed by atoms with Crippen LogP contribution in [0.15, 0.2) is 59.4 Å². The van der Waals surface area contributed by atoms with Gasteiger partial charge in [-0.25, -0.2) is 12.4 Å². The highest BCUT2D eigenvalue weighted by Crippen LogP contribution is 2.45. The maximum absolute atomic E-state index is 14.1. The molecule has 0 fully saturated rings. The molecule has 3 aromatic carbocycles. The fourth-order valence-corrected chi connectivity index (χ4v) is 8.10. The van der Waals surface area contributed by atoms with Crippen LogP contribution >= 0.6 is 11.5 Å². The molecule has 0 saturated heterocycles. The largest absolute Gasteiger partial charge is 0.493 e. The number of anilines is 1. The number of benzene rings is 3. The first-order chi connectivity index (χ1) is 20.9. The van der Waals surface area contributed by atoms with Gasteiger partial charge in [-0.15, -0.1) is 0 Å². The second-order valence-corrected chi connectivity index (χ2v) is 14.0. The summed E-state index contributed by atoms with van der Waals surface area (Å²) >= 11 is 1.19. The van der Waals surface area contributed by atoms with E-state index in [1.54, 1.807) is 50.2 Å². The highest BCUT2D eigenvalue weighted by Gasteiger charge is 2.47. The maximum atomic E-state index is 14.1. The van der Waals surface area contributed by atoms with Crippen LogP contribution in [-0.4, -0.2) is 60.7 Å². The Morgan fingerprint density at radius 1 is 1.00 bits per heavy atom. The molecule has 0 radical (unpaired) electrons. The van der Waals surface area contributed by atoms with Crippen molar-refractivity contribution in [3.63, 3.8) is 0 Å². The average Bonchev–Trinajstić information content (AvgIpc) is 3.44. The molecule has 1 unspecified atom stereocenters. The molecule has 1 aromatic heterocycles. The van der Waals surface area contributed by atoms with Gasteiger partial charge in [0.2, 0.25) is 5.91 Å².